The molecule has 0 saturated heterocycles. The Labute approximate surface area is 123 Å². The minimum atomic E-state index is -0.132. The summed E-state index contributed by atoms with van der Waals surface area (Å²) in [5.74, 6) is -0.0882. The van der Waals surface area contributed by atoms with E-state index in [1.807, 2.05) is 19.1 Å². The summed E-state index contributed by atoms with van der Waals surface area (Å²) in [5, 5.41) is 24.8. The van der Waals surface area contributed by atoms with E-state index in [0.29, 0.717) is 5.56 Å². The van der Waals surface area contributed by atoms with Crippen LogP contribution in [0.2, 0.25) is 0 Å². The minimum absolute atomic E-state index is 0.0219. The van der Waals surface area contributed by atoms with Gasteiger partial charge in [-0.25, -0.2) is 0 Å². The molecule has 2 aromatic carbocycles. The molecule has 5 heteroatoms. The molecule has 0 bridgehead atoms. The fourth-order valence-electron chi connectivity index (χ4n) is 2.06. The van der Waals surface area contributed by atoms with Crippen LogP contribution in [0.15, 0.2) is 42.5 Å². The molecule has 0 spiro atoms. The summed E-state index contributed by atoms with van der Waals surface area (Å²) in [7, 11) is 1.59. The zero-order chi connectivity index (χ0) is 15.4. The lowest BCUT2D eigenvalue weighted by molar-refractivity contribution is 0.0963. The average Bonchev–Trinajstić information content (AvgIpc) is 2.46. The van der Waals surface area contributed by atoms with E-state index in [0.717, 1.165) is 11.3 Å². The van der Waals surface area contributed by atoms with Gasteiger partial charge >= 0.3 is 0 Å². The van der Waals surface area contributed by atoms with Crippen LogP contribution >= 0.6 is 0 Å². The summed E-state index contributed by atoms with van der Waals surface area (Å²) in [6.45, 7) is 1.92. The smallest absolute Gasteiger partial charge is 0.251 e. The lowest BCUT2D eigenvalue weighted by atomic mass is 10.1. The Morgan fingerprint density at radius 2 is 1.62 bits per heavy atom. The van der Waals surface area contributed by atoms with Gasteiger partial charge in [-0.1, -0.05) is 0 Å². The number of nitrogens with one attached hydrogen (secondary N) is 2. The Kier molecular flexibility index (Phi) is 4.33. The average molecular weight is 286 g/mol. The van der Waals surface area contributed by atoms with E-state index in [9.17, 15) is 15.0 Å². The van der Waals surface area contributed by atoms with Crippen molar-refractivity contribution in [2.24, 2.45) is 0 Å². The number of rotatable bonds is 4. The zero-order valence-corrected chi connectivity index (χ0v) is 11.9. The molecule has 1 atom stereocenters. The molecule has 5 nitrogen and oxygen atoms in total. The van der Waals surface area contributed by atoms with Crippen LogP contribution in [0.3, 0.4) is 0 Å². The predicted octanol–water partition coefficient (Wildman–Crippen LogP) is 2.63. The minimum Gasteiger partial charge on any atom is -0.508 e. The highest BCUT2D eigenvalue weighted by Crippen LogP contribution is 2.27. The van der Waals surface area contributed by atoms with Crippen molar-refractivity contribution < 1.29 is 15.0 Å². The maximum absolute atomic E-state index is 11.5. The van der Waals surface area contributed by atoms with Crippen molar-refractivity contribution in [3.8, 4) is 11.5 Å². The molecule has 2 aromatic rings. The molecule has 0 heterocycles. The first-order chi connectivity index (χ1) is 9.99. The van der Waals surface area contributed by atoms with Crippen LogP contribution in [0.25, 0.3) is 0 Å². The number of phenolic OH excluding ortho intramolecular Hbond substituents is 2. The van der Waals surface area contributed by atoms with Crippen LogP contribution in [0, 0.1) is 0 Å². The summed E-state index contributed by atoms with van der Waals surface area (Å²) in [6.07, 6.45) is 0. The van der Waals surface area contributed by atoms with Gasteiger partial charge in [-0.3, -0.25) is 4.79 Å². The quantitative estimate of drug-likeness (QED) is 0.696. The molecule has 0 aliphatic rings. The molecule has 2 rings (SSSR count). The molecule has 1 unspecified atom stereocenters. The van der Waals surface area contributed by atoms with Crippen molar-refractivity contribution in [2.45, 2.75) is 13.0 Å². The monoisotopic (exact) mass is 286 g/mol. The molecule has 0 aliphatic heterocycles. The van der Waals surface area contributed by atoms with Gasteiger partial charge in [-0.15, -0.1) is 0 Å². The van der Waals surface area contributed by atoms with Gasteiger partial charge in [0.2, 0.25) is 0 Å². The molecule has 4 N–H and O–H groups in total. The molecule has 0 fully saturated rings. The van der Waals surface area contributed by atoms with Crippen LogP contribution in [0.4, 0.5) is 5.69 Å². The van der Waals surface area contributed by atoms with Gasteiger partial charge in [0, 0.05) is 30.4 Å². The number of phenols is 2. The van der Waals surface area contributed by atoms with E-state index < -0.39 is 0 Å². The van der Waals surface area contributed by atoms with Gasteiger partial charge in [-0.2, -0.15) is 0 Å². The lowest BCUT2D eigenvalue weighted by Crippen LogP contribution is -2.17. The summed E-state index contributed by atoms with van der Waals surface area (Å²) in [6, 6.07) is 11.4. The number of anilines is 1. The Morgan fingerprint density at radius 1 is 1.05 bits per heavy atom. The number of amides is 1. The third kappa shape index (κ3) is 3.66. The molecule has 0 aromatic heterocycles. The fourth-order valence-corrected chi connectivity index (χ4v) is 2.06. The summed E-state index contributed by atoms with van der Waals surface area (Å²) >= 11 is 0. The van der Waals surface area contributed by atoms with Crippen molar-refractivity contribution >= 4 is 11.6 Å². The normalized spacial score (nSPS) is 11.7. The standard InChI is InChI=1S/C16H18N2O3/c1-10(12-7-14(19)9-15(20)8-12)18-13-5-3-11(4-6-13)16(21)17-2/h3-10,18-20H,1-2H3,(H,17,21). The van der Waals surface area contributed by atoms with Crippen molar-refractivity contribution in [3.63, 3.8) is 0 Å². The number of carbonyl (C=O) groups is 1. The highest BCUT2D eigenvalue weighted by atomic mass is 16.3. The first-order valence-corrected chi connectivity index (χ1v) is 6.61. The zero-order valence-electron chi connectivity index (χ0n) is 11.9. The third-order valence-corrected chi connectivity index (χ3v) is 3.18. The Morgan fingerprint density at radius 3 is 2.14 bits per heavy atom. The highest BCUT2D eigenvalue weighted by molar-refractivity contribution is 5.94. The maximum atomic E-state index is 11.5. The first-order valence-electron chi connectivity index (χ1n) is 6.61. The number of benzene rings is 2. The highest BCUT2D eigenvalue weighted by Gasteiger charge is 2.09. The molecule has 21 heavy (non-hydrogen) atoms. The largest absolute Gasteiger partial charge is 0.508 e. The number of carbonyl (C=O) groups excluding carboxylic acids is 1. The van der Waals surface area contributed by atoms with Gasteiger partial charge in [0.15, 0.2) is 0 Å². The maximum Gasteiger partial charge on any atom is 0.251 e. The molecular formula is C16H18N2O3. The van der Waals surface area contributed by atoms with Crippen molar-refractivity contribution in [2.75, 3.05) is 12.4 Å². The van der Waals surface area contributed by atoms with Crippen molar-refractivity contribution in [1.29, 1.82) is 0 Å². The van der Waals surface area contributed by atoms with Gasteiger partial charge in [-0.05, 0) is 48.9 Å². The van der Waals surface area contributed by atoms with E-state index in [1.54, 1.807) is 31.3 Å². The Balaban J connectivity index is 2.12. The summed E-state index contributed by atoms with van der Waals surface area (Å²) < 4.78 is 0. The van der Waals surface area contributed by atoms with Crippen LogP contribution in [-0.4, -0.2) is 23.2 Å². The second kappa shape index (κ2) is 6.17. The second-order valence-corrected chi connectivity index (χ2v) is 4.81. The number of hydrogen-bond donors (Lipinski definition) is 4. The van der Waals surface area contributed by atoms with E-state index >= 15 is 0 Å². The number of aromatic hydroxyl groups is 2. The third-order valence-electron chi connectivity index (χ3n) is 3.18. The molecular weight excluding hydrogens is 268 g/mol. The summed E-state index contributed by atoms with van der Waals surface area (Å²) in [4.78, 5) is 11.5. The van der Waals surface area contributed by atoms with Crippen LogP contribution < -0.4 is 10.6 Å². The van der Waals surface area contributed by atoms with Gasteiger partial charge < -0.3 is 20.8 Å². The molecule has 0 radical (unpaired) electrons. The van der Waals surface area contributed by atoms with Crippen molar-refractivity contribution in [1.82, 2.24) is 5.32 Å². The Bertz CT molecular complexity index is 618. The fraction of sp³-hybridized carbons (Fsp3) is 0.188. The van der Waals surface area contributed by atoms with E-state index in [-0.39, 0.29) is 23.4 Å². The topological polar surface area (TPSA) is 81.6 Å². The SMILES string of the molecule is CNC(=O)c1ccc(NC(C)c2cc(O)cc(O)c2)cc1. The molecule has 0 aliphatic carbocycles. The van der Waals surface area contributed by atoms with E-state index in [1.165, 1.54) is 6.07 Å². The van der Waals surface area contributed by atoms with Crippen LogP contribution in [-0.2, 0) is 0 Å². The van der Waals surface area contributed by atoms with Gasteiger partial charge in [0.05, 0.1) is 0 Å². The van der Waals surface area contributed by atoms with Crippen molar-refractivity contribution in [3.05, 3.63) is 53.6 Å². The summed E-state index contributed by atoms with van der Waals surface area (Å²) in [5.41, 5.74) is 2.20. The predicted molar refractivity (Wildman–Crippen MR) is 81.6 cm³/mol. The van der Waals surface area contributed by atoms with Crippen LogP contribution in [0.5, 0.6) is 11.5 Å². The number of hydrogen-bond acceptors (Lipinski definition) is 4. The van der Waals surface area contributed by atoms with Gasteiger partial charge in [0.1, 0.15) is 11.5 Å². The van der Waals surface area contributed by atoms with Crippen LogP contribution in [0.1, 0.15) is 28.9 Å². The Hall–Kier alpha value is -2.69. The van der Waals surface area contributed by atoms with E-state index in [2.05, 4.69) is 10.6 Å². The molecule has 110 valence electrons. The first kappa shape index (κ1) is 14.7. The lowest BCUT2D eigenvalue weighted by Gasteiger charge is -2.16. The van der Waals surface area contributed by atoms with Gasteiger partial charge in [0.25, 0.3) is 5.91 Å². The molecule has 0 saturated carbocycles. The van der Waals surface area contributed by atoms with E-state index in [4.69, 9.17) is 0 Å². The molecule has 1 amide bonds. The second-order valence-electron chi connectivity index (χ2n) is 4.81.